The molecule has 0 unspecified atom stereocenters. The molecule has 1 saturated heterocycles. The molecular formula is C18H21N3O3S. The normalized spacial score (nSPS) is 20.1. The van der Waals surface area contributed by atoms with Gasteiger partial charge >= 0.3 is 0 Å². The Kier molecular flexibility index (Phi) is 5.45. The Labute approximate surface area is 147 Å². The van der Waals surface area contributed by atoms with E-state index >= 15 is 0 Å². The van der Waals surface area contributed by atoms with Gasteiger partial charge in [-0.05, 0) is 24.1 Å². The van der Waals surface area contributed by atoms with E-state index < -0.39 is 9.84 Å². The highest BCUT2D eigenvalue weighted by Gasteiger charge is 2.29. The summed E-state index contributed by atoms with van der Waals surface area (Å²) in [6.45, 7) is 0.0900. The first-order chi connectivity index (χ1) is 12.0. The van der Waals surface area contributed by atoms with E-state index in [1.807, 2.05) is 48.5 Å². The van der Waals surface area contributed by atoms with E-state index in [4.69, 9.17) is 0 Å². The monoisotopic (exact) mass is 359 g/mol. The number of carbonyl (C=O) groups excluding carboxylic acids is 1. The number of aromatic nitrogens is 1. The van der Waals surface area contributed by atoms with Crippen molar-refractivity contribution >= 4 is 15.7 Å². The molecule has 0 bridgehead atoms. The van der Waals surface area contributed by atoms with Gasteiger partial charge in [-0.1, -0.05) is 36.4 Å². The Morgan fingerprint density at radius 1 is 1.16 bits per heavy atom. The SMILES string of the molecule is O=C(CN[C@@H](c1ccccc1)c1ccccn1)N[C@H]1CCS(=O)(=O)C1. The fraction of sp³-hybridized carbons (Fsp3) is 0.333. The largest absolute Gasteiger partial charge is 0.351 e. The van der Waals surface area contributed by atoms with Crippen LogP contribution in [-0.4, -0.2) is 43.4 Å². The first kappa shape index (κ1) is 17.6. The van der Waals surface area contributed by atoms with Crippen molar-refractivity contribution < 1.29 is 13.2 Å². The van der Waals surface area contributed by atoms with Gasteiger partial charge in [-0.25, -0.2) is 8.42 Å². The predicted molar refractivity (Wildman–Crippen MR) is 95.7 cm³/mol. The molecule has 2 atom stereocenters. The average Bonchev–Trinajstić information content (AvgIpc) is 2.95. The molecule has 0 saturated carbocycles. The average molecular weight is 359 g/mol. The Bertz CT molecular complexity index is 770. The number of amides is 1. The summed E-state index contributed by atoms with van der Waals surface area (Å²) in [5.74, 6) is -0.0356. The molecule has 0 spiro atoms. The highest BCUT2D eigenvalue weighted by molar-refractivity contribution is 7.91. The molecule has 132 valence electrons. The molecule has 1 aromatic heterocycles. The van der Waals surface area contributed by atoms with Crippen LogP contribution in [0.4, 0.5) is 0 Å². The lowest BCUT2D eigenvalue weighted by molar-refractivity contribution is -0.120. The van der Waals surface area contributed by atoms with Crippen LogP contribution in [0.3, 0.4) is 0 Å². The molecule has 1 aliphatic rings. The summed E-state index contributed by atoms with van der Waals surface area (Å²) in [6.07, 6.45) is 2.20. The standard InChI is InChI=1S/C18H21N3O3S/c22-17(21-15-9-11-25(23,24)13-15)12-20-18(14-6-2-1-3-7-14)16-8-4-5-10-19-16/h1-8,10,15,18,20H,9,11-13H2,(H,21,22)/t15-,18-/m0/s1. The van der Waals surface area contributed by atoms with E-state index in [1.165, 1.54) is 0 Å². The number of hydrogen-bond acceptors (Lipinski definition) is 5. The number of nitrogens with zero attached hydrogens (tertiary/aromatic N) is 1. The summed E-state index contributed by atoms with van der Waals surface area (Å²) in [6, 6.07) is 14.9. The molecule has 3 rings (SSSR count). The third-order valence-electron chi connectivity index (χ3n) is 4.18. The third-order valence-corrected chi connectivity index (χ3v) is 5.95. The molecule has 2 aromatic rings. The van der Waals surface area contributed by atoms with Crippen molar-refractivity contribution in [2.45, 2.75) is 18.5 Å². The Morgan fingerprint density at radius 2 is 1.92 bits per heavy atom. The molecule has 1 aromatic carbocycles. The fourth-order valence-electron chi connectivity index (χ4n) is 2.97. The molecule has 1 amide bonds. The zero-order valence-electron chi connectivity index (χ0n) is 13.8. The zero-order chi connectivity index (χ0) is 17.7. The van der Waals surface area contributed by atoms with Gasteiger partial charge in [0.15, 0.2) is 9.84 Å². The summed E-state index contributed by atoms with van der Waals surface area (Å²) in [7, 11) is -3.00. The topological polar surface area (TPSA) is 88.2 Å². The minimum Gasteiger partial charge on any atom is -0.351 e. The molecule has 1 aliphatic heterocycles. The number of hydrogen-bond donors (Lipinski definition) is 2. The maximum absolute atomic E-state index is 12.2. The summed E-state index contributed by atoms with van der Waals surface area (Å²) in [5, 5.41) is 6.01. The second-order valence-electron chi connectivity index (χ2n) is 6.15. The van der Waals surface area contributed by atoms with Crippen LogP contribution < -0.4 is 10.6 Å². The lowest BCUT2D eigenvalue weighted by atomic mass is 10.0. The van der Waals surface area contributed by atoms with E-state index in [1.54, 1.807) is 6.20 Å². The van der Waals surface area contributed by atoms with Crippen molar-refractivity contribution in [3.8, 4) is 0 Å². The second kappa shape index (κ2) is 7.76. The van der Waals surface area contributed by atoms with Crippen LogP contribution in [0.25, 0.3) is 0 Å². The summed E-state index contributed by atoms with van der Waals surface area (Å²) < 4.78 is 23.0. The van der Waals surface area contributed by atoms with Gasteiger partial charge < -0.3 is 5.32 Å². The predicted octanol–water partition coefficient (Wildman–Crippen LogP) is 1.06. The van der Waals surface area contributed by atoms with E-state index in [0.717, 1.165) is 11.3 Å². The maximum atomic E-state index is 12.2. The molecule has 25 heavy (non-hydrogen) atoms. The Morgan fingerprint density at radius 3 is 2.56 bits per heavy atom. The van der Waals surface area contributed by atoms with Gasteiger partial charge in [0.1, 0.15) is 0 Å². The molecule has 6 nitrogen and oxygen atoms in total. The third kappa shape index (κ3) is 4.87. The fourth-order valence-corrected chi connectivity index (χ4v) is 4.64. The smallest absolute Gasteiger partial charge is 0.234 e. The Hall–Kier alpha value is -2.25. The molecule has 2 heterocycles. The molecule has 1 fully saturated rings. The summed E-state index contributed by atoms with van der Waals surface area (Å²) >= 11 is 0. The number of sulfone groups is 1. The van der Waals surface area contributed by atoms with Crippen LogP contribution in [-0.2, 0) is 14.6 Å². The lowest BCUT2D eigenvalue weighted by Crippen LogP contribution is -2.42. The van der Waals surface area contributed by atoms with Gasteiger partial charge in [-0.15, -0.1) is 0 Å². The number of nitrogens with one attached hydrogen (secondary N) is 2. The highest BCUT2D eigenvalue weighted by atomic mass is 32.2. The van der Waals surface area contributed by atoms with Gasteiger partial charge in [0, 0.05) is 12.2 Å². The molecule has 0 aliphatic carbocycles. The highest BCUT2D eigenvalue weighted by Crippen LogP contribution is 2.19. The van der Waals surface area contributed by atoms with Crippen molar-refractivity contribution in [3.05, 3.63) is 66.0 Å². The minimum atomic E-state index is -3.00. The Balaban J connectivity index is 1.64. The molecule has 0 radical (unpaired) electrons. The van der Waals surface area contributed by atoms with Crippen molar-refractivity contribution in [2.75, 3.05) is 18.1 Å². The first-order valence-corrected chi connectivity index (χ1v) is 10.0. The van der Waals surface area contributed by atoms with E-state index in [0.29, 0.717) is 6.42 Å². The zero-order valence-corrected chi connectivity index (χ0v) is 14.6. The maximum Gasteiger partial charge on any atom is 0.234 e. The van der Waals surface area contributed by atoms with Crippen molar-refractivity contribution in [1.82, 2.24) is 15.6 Å². The van der Waals surface area contributed by atoms with Gasteiger partial charge in [-0.3, -0.25) is 15.1 Å². The van der Waals surface area contributed by atoms with Gasteiger partial charge in [0.2, 0.25) is 5.91 Å². The van der Waals surface area contributed by atoms with E-state index in [9.17, 15) is 13.2 Å². The van der Waals surface area contributed by atoms with E-state index in [2.05, 4.69) is 15.6 Å². The van der Waals surface area contributed by atoms with Crippen LogP contribution in [0.2, 0.25) is 0 Å². The van der Waals surface area contributed by atoms with Crippen LogP contribution in [0.5, 0.6) is 0 Å². The number of rotatable bonds is 6. The summed E-state index contributed by atoms with van der Waals surface area (Å²) in [4.78, 5) is 16.6. The van der Waals surface area contributed by atoms with Crippen molar-refractivity contribution in [1.29, 1.82) is 0 Å². The van der Waals surface area contributed by atoms with Crippen LogP contribution in [0, 0.1) is 0 Å². The van der Waals surface area contributed by atoms with Crippen LogP contribution >= 0.6 is 0 Å². The van der Waals surface area contributed by atoms with Gasteiger partial charge in [0.25, 0.3) is 0 Å². The molecule has 2 N–H and O–H groups in total. The van der Waals surface area contributed by atoms with Crippen molar-refractivity contribution in [3.63, 3.8) is 0 Å². The minimum absolute atomic E-state index is 0.0289. The molecule has 7 heteroatoms. The number of pyridine rings is 1. The van der Waals surface area contributed by atoms with Crippen LogP contribution in [0.15, 0.2) is 54.7 Å². The number of carbonyl (C=O) groups is 1. The van der Waals surface area contributed by atoms with Crippen LogP contribution in [0.1, 0.15) is 23.7 Å². The lowest BCUT2D eigenvalue weighted by Gasteiger charge is -2.19. The number of benzene rings is 1. The first-order valence-electron chi connectivity index (χ1n) is 8.22. The van der Waals surface area contributed by atoms with E-state index in [-0.39, 0.29) is 36.0 Å². The quantitative estimate of drug-likeness (QED) is 0.805. The van der Waals surface area contributed by atoms with Gasteiger partial charge in [-0.2, -0.15) is 0 Å². The van der Waals surface area contributed by atoms with Gasteiger partial charge in [0.05, 0.1) is 29.8 Å². The molecular weight excluding hydrogens is 338 g/mol. The van der Waals surface area contributed by atoms with Crippen molar-refractivity contribution in [2.24, 2.45) is 0 Å². The second-order valence-corrected chi connectivity index (χ2v) is 8.38. The summed E-state index contributed by atoms with van der Waals surface area (Å²) in [5.41, 5.74) is 1.84.